The van der Waals surface area contributed by atoms with E-state index in [0.29, 0.717) is 17.5 Å². The second-order valence-electron chi connectivity index (χ2n) is 5.62. The van der Waals surface area contributed by atoms with Crippen LogP contribution in [0.25, 0.3) is 22.3 Å². The normalized spacial score (nSPS) is 10.4. The monoisotopic (exact) mass is 350 g/mol. The Morgan fingerprint density at radius 2 is 1.81 bits per heavy atom. The molecule has 0 atom stereocenters. The summed E-state index contributed by atoms with van der Waals surface area (Å²) < 4.78 is 35.3. The van der Waals surface area contributed by atoms with Gasteiger partial charge in [-0.05, 0) is 29.7 Å². The summed E-state index contributed by atoms with van der Waals surface area (Å²) in [5, 5.41) is 9.70. The van der Waals surface area contributed by atoms with Crippen molar-refractivity contribution in [3.63, 3.8) is 0 Å². The Morgan fingerprint density at radius 3 is 2.38 bits per heavy atom. The number of ether oxygens (including phenoxy) is 1. The van der Waals surface area contributed by atoms with Crippen LogP contribution in [0.4, 0.5) is 8.78 Å². The standard InChI is InChI=1S/C21H16F2N2O/c1-3-14-16(12-24)20(26-2)18(15-10-7-11-25-21(15)23)19(22)17(14)13-8-5-4-6-9-13/h4-11H,3H2,1-2H3. The van der Waals surface area contributed by atoms with E-state index in [9.17, 15) is 9.65 Å². The Labute approximate surface area is 150 Å². The highest BCUT2D eigenvalue weighted by molar-refractivity contribution is 5.84. The molecule has 0 aliphatic heterocycles. The Bertz CT molecular complexity index is 995. The number of pyridine rings is 1. The van der Waals surface area contributed by atoms with E-state index in [1.165, 1.54) is 25.4 Å². The molecule has 5 heteroatoms. The quantitative estimate of drug-likeness (QED) is 0.612. The molecule has 0 aliphatic carbocycles. The van der Waals surface area contributed by atoms with Gasteiger partial charge in [-0.15, -0.1) is 0 Å². The molecular weight excluding hydrogens is 334 g/mol. The van der Waals surface area contributed by atoms with Gasteiger partial charge in [-0.2, -0.15) is 9.65 Å². The Hall–Kier alpha value is -3.26. The maximum absolute atomic E-state index is 15.7. The third-order valence-electron chi connectivity index (χ3n) is 4.26. The van der Waals surface area contributed by atoms with Crippen molar-refractivity contribution in [1.29, 1.82) is 5.26 Å². The van der Waals surface area contributed by atoms with Gasteiger partial charge >= 0.3 is 0 Å². The molecule has 3 nitrogen and oxygen atoms in total. The minimum Gasteiger partial charge on any atom is -0.495 e. The van der Waals surface area contributed by atoms with Crippen molar-refractivity contribution in [2.75, 3.05) is 7.11 Å². The van der Waals surface area contributed by atoms with Crippen LogP contribution in [-0.2, 0) is 6.42 Å². The molecule has 0 amide bonds. The molecule has 3 aromatic rings. The minimum absolute atomic E-state index is 0.0217. The fraction of sp³-hybridized carbons (Fsp3) is 0.143. The number of hydrogen-bond donors (Lipinski definition) is 0. The summed E-state index contributed by atoms with van der Waals surface area (Å²) in [5.74, 6) is -1.43. The smallest absolute Gasteiger partial charge is 0.220 e. The van der Waals surface area contributed by atoms with Crippen LogP contribution in [0.1, 0.15) is 18.1 Å². The largest absolute Gasteiger partial charge is 0.495 e. The van der Waals surface area contributed by atoms with Crippen molar-refractivity contribution in [3.05, 3.63) is 71.6 Å². The maximum Gasteiger partial charge on any atom is 0.220 e. The van der Waals surface area contributed by atoms with Gasteiger partial charge in [-0.1, -0.05) is 37.3 Å². The van der Waals surface area contributed by atoms with E-state index in [1.807, 2.05) is 13.0 Å². The molecule has 2 aromatic carbocycles. The molecule has 0 saturated carbocycles. The van der Waals surface area contributed by atoms with Gasteiger partial charge in [-0.3, -0.25) is 0 Å². The molecule has 3 rings (SSSR count). The van der Waals surface area contributed by atoms with E-state index >= 15 is 4.39 Å². The molecule has 1 aromatic heterocycles. The minimum atomic E-state index is -0.822. The summed E-state index contributed by atoms with van der Waals surface area (Å²) in [7, 11) is 1.34. The number of aromatic nitrogens is 1. The molecular formula is C21H16F2N2O. The molecule has 130 valence electrons. The first-order chi connectivity index (χ1) is 12.6. The second-order valence-corrected chi connectivity index (χ2v) is 5.62. The number of hydrogen-bond acceptors (Lipinski definition) is 3. The molecule has 0 fully saturated rings. The van der Waals surface area contributed by atoms with Crippen LogP contribution in [0.3, 0.4) is 0 Å². The van der Waals surface area contributed by atoms with Crippen molar-refractivity contribution in [3.8, 4) is 34.1 Å². The van der Waals surface area contributed by atoms with E-state index < -0.39 is 11.8 Å². The fourth-order valence-corrected chi connectivity index (χ4v) is 3.14. The summed E-state index contributed by atoms with van der Waals surface area (Å²) in [5.41, 5.74) is 1.49. The third-order valence-corrected chi connectivity index (χ3v) is 4.26. The topological polar surface area (TPSA) is 45.9 Å². The predicted octanol–water partition coefficient (Wildman–Crippen LogP) is 5.14. The van der Waals surface area contributed by atoms with E-state index in [2.05, 4.69) is 11.1 Å². The van der Waals surface area contributed by atoms with Crippen molar-refractivity contribution in [1.82, 2.24) is 4.98 Å². The van der Waals surface area contributed by atoms with Gasteiger partial charge in [0.25, 0.3) is 0 Å². The zero-order valence-electron chi connectivity index (χ0n) is 14.4. The van der Waals surface area contributed by atoms with Gasteiger partial charge in [0, 0.05) is 17.3 Å². The number of halogens is 2. The van der Waals surface area contributed by atoms with Crippen LogP contribution in [0, 0.1) is 23.1 Å². The van der Waals surface area contributed by atoms with E-state index in [4.69, 9.17) is 4.74 Å². The van der Waals surface area contributed by atoms with Gasteiger partial charge in [0.1, 0.15) is 17.6 Å². The zero-order chi connectivity index (χ0) is 18.7. The fourth-order valence-electron chi connectivity index (χ4n) is 3.14. The van der Waals surface area contributed by atoms with Crippen LogP contribution in [0.5, 0.6) is 5.75 Å². The van der Waals surface area contributed by atoms with E-state index in [1.54, 1.807) is 24.3 Å². The molecule has 0 unspecified atom stereocenters. The molecule has 0 saturated heterocycles. The number of methoxy groups -OCH3 is 1. The predicted molar refractivity (Wildman–Crippen MR) is 95.7 cm³/mol. The second kappa shape index (κ2) is 7.32. The Kier molecular flexibility index (Phi) is 4.94. The highest BCUT2D eigenvalue weighted by Gasteiger charge is 2.27. The van der Waals surface area contributed by atoms with Gasteiger partial charge in [0.05, 0.1) is 18.2 Å². The lowest BCUT2D eigenvalue weighted by molar-refractivity contribution is 0.411. The summed E-state index contributed by atoms with van der Waals surface area (Å²) in [6.07, 6.45) is 1.71. The summed E-state index contributed by atoms with van der Waals surface area (Å²) >= 11 is 0. The van der Waals surface area contributed by atoms with E-state index in [-0.39, 0.29) is 28.0 Å². The van der Waals surface area contributed by atoms with E-state index in [0.717, 1.165) is 0 Å². The van der Waals surface area contributed by atoms with Gasteiger partial charge < -0.3 is 4.74 Å². The molecule has 1 heterocycles. The molecule has 0 spiro atoms. The van der Waals surface area contributed by atoms with Gasteiger partial charge in [-0.25, -0.2) is 9.37 Å². The number of nitriles is 1. The van der Waals surface area contributed by atoms with Crippen molar-refractivity contribution >= 4 is 0 Å². The lowest BCUT2D eigenvalue weighted by Crippen LogP contribution is -2.05. The van der Waals surface area contributed by atoms with Crippen molar-refractivity contribution in [2.45, 2.75) is 13.3 Å². The average molecular weight is 350 g/mol. The highest BCUT2D eigenvalue weighted by atomic mass is 19.1. The molecule has 26 heavy (non-hydrogen) atoms. The van der Waals surface area contributed by atoms with Crippen LogP contribution >= 0.6 is 0 Å². The Balaban J connectivity index is 2.50. The van der Waals surface area contributed by atoms with Crippen LogP contribution < -0.4 is 4.74 Å². The summed E-state index contributed by atoms with van der Waals surface area (Å²) in [4.78, 5) is 3.60. The highest BCUT2D eigenvalue weighted by Crippen LogP contribution is 2.44. The lowest BCUT2D eigenvalue weighted by Gasteiger charge is -2.19. The zero-order valence-corrected chi connectivity index (χ0v) is 14.4. The molecule has 0 N–H and O–H groups in total. The van der Waals surface area contributed by atoms with Gasteiger partial charge in [0.15, 0.2) is 0 Å². The number of nitrogens with zero attached hydrogens (tertiary/aromatic N) is 2. The summed E-state index contributed by atoms with van der Waals surface area (Å²) in [6.45, 7) is 1.84. The maximum atomic E-state index is 15.7. The first kappa shape index (κ1) is 17.6. The van der Waals surface area contributed by atoms with Crippen molar-refractivity contribution in [2.24, 2.45) is 0 Å². The summed E-state index contributed by atoms with van der Waals surface area (Å²) in [6, 6.07) is 13.9. The van der Waals surface area contributed by atoms with Crippen LogP contribution in [-0.4, -0.2) is 12.1 Å². The molecule has 0 aliphatic rings. The first-order valence-corrected chi connectivity index (χ1v) is 8.12. The van der Waals surface area contributed by atoms with Crippen LogP contribution in [0.2, 0.25) is 0 Å². The molecule has 0 bridgehead atoms. The Morgan fingerprint density at radius 1 is 1.08 bits per heavy atom. The number of rotatable bonds is 4. The first-order valence-electron chi connectivity index (χ1n) is 8.12. The van der Waals surface area contributed by atoms with Gasteiger partial charge in [0.2, 0.25) is 5.95 Å². The van der Waals surface area contributed by atoms with Crippen molar-refractivity contribution < 1.29 is 13.5 Å². The number of benzene rings is 2. The molecule has 0 radical (unpaired) electrons. The van der Waals surface area contributed by atoms with Crippen LogP contribution in [0.15, 0.2) is 48.7 Å². The average Bonchev–Trinajstić information content (AvgIpc) is 2.68. The SMILES string of the molecule is CCc1c(C#N)c(OC)c(-c2cccnc2F)c(F)c1-c1ccccc1. The lowest BCUT2D eigenvalue weighted by atomic mass is 9.88. The third kappa shape index (κ3) is 2.80.